The number of nitrogens with zero attached hydrogens (tertiary/aromatic N) is 3. The summed E-state index contributed by atoms with van der Waals surface area (Å²) >= 11 is 0. The fourth-order valence-electron chi connectivity index (χ4n) is 4.82. The molecule has 2 amide bonds. The number of imidazole rings is 1. The molecule has 0 radical (unpaired) electrons. The van der Waals surface area contributed by atoms with Crippen LogP contribution in [0.4, 0.5) is 13.6 Å². The zero-order valence-electron chi connectivity index (χ0n) is 17.5. The summed E-state index contributed by atoms with van der Waals surface area (Å²) in [5.41, 5.74) is 1.06. The fourth-order valence-corrected chi connectivity index (χ4v) is 4.82. The summed E-state index contributed by atoms with van der Waals surface area (Å²) in [4.78, 5) is 19.0. The zero-order valence-corrected chi connectivity index (χ0v) is 17.5. The molecule has 1 aliphatic heterocycles. The number of fused-ring (bicyclic) bond motifs is 1. The molecule has 0 spiro atoms. The van der Waals surface area contributed by atoms with Gasteiger partial charge in [0, 0.05) is 25.2 Å². The van der Waals surface area contributed by atoms with Gasteiger partial charge < -0.3 is 10.6 Å². The monoisotopic (exact) mass is 419 g/mol. The highest BCUT2D eigenvalue weighted by Crippen LogP contribution is 2.30. The van der Waals surface area contributed by atoms with Gasteiger partial charge in [0.1, 0.15) is 5.82 Å². The molecule has 1 aromatic carbocycles. The predicted molar refractivity (Wildman–Crippen MR) is 113 cm³/mol. The number of para-hydroxylation sites is 2. The Morgan fingerprint density at radius 1 is 1.03 bits per heavy atom. The maximum absolute atomic E-state index is 13.8. The minimum Gasteiger partial charge on any atom is -0.335 e. The Labute approximate surface area is 176 Å². The van der Waals surface area contributed by atoms with Gasteiger partial charge in [-0.3, -0.25) is 9.47 Å². The Hall–Kier alpha value is -2.22. The van der Waals surface area contributed by atoms with E-state index in [1.807, 2.05) is 13.0 Å². The molecule has 1 aromatic heterocycles. The number of aromatic nitrogens is 2. The number of likely N-dealkylation sites (tertiary alicyclic amines) is 1. The van der Waals surface area contributed by atoms with Crippen molar-refractivity contribution in [3.05, 3.63) is 30.1 Å². The fraction of sp³-hybridized carbons (Fsp3) is 0.636. The highest BCUT2D eigenvalue weighted by atomic mass is 19.3. The van der Waals surface area contributed by atoms with Gasteiger partial charge in [0.25, 0.3) is 0 Å². The van der Waals surface area contributed by atoms with Gasteiger partial charge in [-0.25, -0.2) is 9.78 Å². The number of halogens is 2. The van der Waals surface area contributed by atoms with E-state index < -0.39 is 6.55 Å². The van der Waals surface area contributed by atoms with E-state index in [0.29, 0.717) is 22.9 Å². The molecule has 0 bridgehead atoms. The van der Waals surface area contributed by atoms with Gasteiger partial charge in [-0.2, -0.15) is 8.78 Å². The smallest absolute Gasteiger partial charge is 0.320 e. The van der Waals surface area contributed by atoms with Gasteiger partial charge >= 0.3 is 12.6 Å². The van der Waals surface area contributed by atoms with Crippen LogP contribution in [0.2, 0.25) is 0 Å². The van der Waals surface area contributed by atoms with Crippen molar-refractivity contribution in [1.82, 2.24) is 25.1 Å². The number of piperidine rings is 1. The average molecular weight is 420 g/mol. The Balaban J connectivity index is 1.34. The van der Waals surface area contributed by atoms with Crippen LogP contribution in [-0.4, -0.2) is 45.7 Å². The summed E-state index contributed by atoms with van der Waals surface area (Å²) < 4.78 is 28.6. The second-order valence-electron chi connectivity index (χ2n) is 8.55. The number of benzene rings is 1. The second kappa shape index (κ2) is 9.29. The number of hydrogen-bond acceptors (Lipinski definition) is 3. The molecule has 6 nitrogen and oxygen atoms in total. The van der Waals surface area contributed by atoms with Crippen LogP contribution in [-0.2, 0) is 0 Å². The molecule has 30 heavy (non-hydrogen) atoms. The van der Waals surface area contributed by atoms with E-state index in [1.54, 1.807) is 18.2 Å². The first-order valence-electron chi connectivity index (χ1n) is 11.1. The maximum atomic E-state index is 13.8. The molecule has 2 N–H and O–H groups in total. The molecule has 1 atom stereocenters. The molecular weight excluding hydrogens is 388 g/mol. The van der Waals surface area contributed by atoms with E-state index >= 15 is 0 Å². The molecule has 1 unspecified atom stereocenters. The summed E-state index contributed by atoms with van der Waals surface area (Å²) in [6, 6.07) is 7.14. The van der Waals surface area contributed by atoms with Gasteiger partial charge in [-0.15, -0.1) is 0 Å². The quantitative estimate of drug-likeness (QED) is 0.745. The van der Waals surface area contributed by atoms with Gasteiger partial charge in [0.05, 0.1) is 17.1 Å². The number of urea groups is 1. The molecule has 1 saturated carbocycles. The third-order valence-corrected chi connectivity index (χ3v) is 6.54. The lowest BCUT2D eigenvalue weighted by atomic mass is 9.96. The summed E-state index contributed by atoms with van der Waals surface area (Å²) in [5, 5.41) is 6.20. The van der Waals surface area contributed by atoms with Crippen LogP contribution >= 0.6 is 0 Å². The number of carbonyl (C=O) groups excluding carboxylic acids is 1. The number of nitrogens with one attached hydrogen (secondary N) is 2. The molecule has 1 saturated heterocycles. The van der Waals surface area contributed by atoms with E-state index in [4.69, 9.17) is 0 Å². The van der Waals surface area contributed by atoms with E-state index in [0.717, 1.165) is 43.3 Å². The zero-order chi connectivity index (χ0) is 21.1. The highest BCUT2D eigenvalue weighted by molar-refractivity contribution is 5.76. The summed E-state index contributed by atoms with van der Waals surface area (Å²) in [6.45, 7) is 0.783. The minimum atomic E-state index is -2.63. The Bertz CT molecular complexity index is 856. The second-order valence-corrected chi connectivity index (χ2v) is 8.55. The van der Waals surface area contributed by atoms with E-state index in [-0.39, 0.29) is 18.1 Å². The third-order valence-electron chi connectivity index (χ3n) is 6.54. The van der Waals surface area contributed by atoms with Crippen LogP contribution in [0.3, 0.4) is 0 Å². The number of rotatable bonds is 5. The SMILES string of the molecule is CC(c1nc2ccccc2n1C(F)F)N1CCC(NC(=O)NC2CCCCC2)CC1. The van der Waals surface area contributed by atoms with Crippen LogP contribution < -0.4 is 10.6 Å². The molecule has 164 valence electrons. The van der Waals surface area contributed by atoms with Crippen molar-refractivity contribution >= 4 is 17.1 Å². The average Bonchev–Trinajstić information content (AvgIpc) is 3.14. The van der Waals surface area contributed by atoms with Crippen molar-refractivity contribution < 1.29 is 13.6 Å². The number of hydrogen-bond donors (Lipinski definition) is 2. The Kier molecular flexibility index (Phi) is 6.51. The minimum absolute atomic E-state index is 0.0760. The highest BCUT2D eigenvalue weighted by Gasteiger charge is 2.29. The van der Waals surface area contributed by atoms with Crippen LogP contribution in [0.1, 0.15) is 70.3 Å². The van der Waals surface area contributed by atoms with Crippen molar-refractivity contribution in [2.75, 3.05) is 13.1 Å². The molecule has 8 heteroatoms. The van der Waals surface area contributed by atoms with Gasteiger partial charge in [-0.05, 0) is 44.7 Å². The Morgan fingerprint density at radius 2 is 1.67 bits per heavy atom. The normalized spacial score (nSPS) is 20.5. The first kappa shape index (κ1) is 21.0. The van der Waals surface area contributed by atoms with Crippen LogP contribution in [0, 0.1) is 0 Å². The number of carbonyl (C=O) groups is 1. The topological polar surface area (TPSA) is 62.2 Å². The lowest BCUT2D eigenvalue weighted by Crippen LogP contribution is -2.50. The summed E-state index contributed by atoms with van der Waals surface area (Å²) in [5.74, 6) is 0.396. The molecule has 1 aliphatic carbocycles. The standard InChI is InChI=1S/C22H31F2N5O/c1-15(20-27-18-9-5-6-10-19(18)29(20)21(23)24)28-13-11-17(12-14-28)26-22(30)25-16-7-3-2-4-8-16/h5-6,9-10,15-17,21H,2-4,7-8,11-14H2,1H3,(H2,25,26,30). The van der Waals surface area contributed by atoms with Crippen molar-refractivity contribution in [2.45, 2.75) is 76.5 Å². The molecule has 2 fully saturated rings. The Morgan fingerprint density at radius 3 is 2.33 bits per heavy atom. The molecule has 2 heterocycles. The van der Waals surface area contributed by atoms with Crippen LogP contribution in [0.25, 0.3) is 11.0 Å². The third kappa shape index (κ3) is 4.58. The molecular formula is C22H31F2N5O. The van der Waals surface area contributed by atoms with Crippen molar-refractivity contribution in [1.29, 1.82) is 0 Å². The number of alkyl halides is 2. The molecule has 2 aliphatic rings. The molecule has 4 rings (SSSR count). The molecule has 2 aromatic rings. The lowest BCUT2D eigenvalue weighted by molar-refractivity contribution is 0.0619. The van der Waals surface area contributed by atoms with Crippen molar-refractivity contribution in [3.63, 3.8) is 0 Å². The number of amides is 2. The largest absolute Gasteiger partial charge is 0.335 e. The van der Waals surface area contributed by atoms with E-state index in [2.05, 4.69) is 20.5 Å². The van der Waals surface area contributed by atoms with Gasteiger partial charge in [0.2, 0.25) is 0 Å². The van der Waals surface area contributed by atoms with Crippen LogP contribution in [0.5, 0.6) is 0 Å². The van der Waals surface area contributed by atoms with Gasteiger partial charge in [-0.1, -0.05) is 31.4 Å². The van der Waals surface area contributed by atoms with Crippen LogP contribution in [0.15, 0.2) is 24.3 Å². The lowest BCUT2D eigenvalue weighted by Gasteiger charge is -2.36. The summed E-state index contributed by atoms with van der Waals surface area (Å²) in [7, 11) is 0. The van der Waals surface area contributed by atoms with Gasteiger partial charge in [0.15, 0.2) is 0 Å². The van der Waals surface area contributed by atoms with Crippen molar-refractivity contribution in [3.8, 4) is 0 Å². The first-order chi connectivity index (χ1) is 14.5. The summed E-state index contributed by atoms with van der Waals surface area (Å²) in [6.07, 6.45) is 7.36. The van der Waals surface area contributed by atoms with Crippen molar-refractivity contribution in [2.24, 2.45) is 0 Å². The first-order valence-corrected chi connectivity index (χ1v) is 11.1. The van der Waals surface area contributed by atoms with E-state index in [1.165, 1.54) is 19.3 Å². The van der Waals surface area contributed by atoms with E-state index in [9.17, 15) is 13.6 Å². The maximum Gasteiger partial charge on any atom is 0.320 e. The predicted octanol–water partition coefficient (Wildman–Crippen LogP) is 4.59.